The van der Waals surface area contributed by atoms with E-state index in [0.717, 1.165) is 6.20 Å². The Morgan fingerprint density at radius 2 is 2.33 bits per heavy atom. The molecule has 2 N–H and O–H groups in total. The van der Waals surface area contributed by atoms with Crippen LogP contribution >= 0.6 is 0 Å². The summed E-state index contributed by atoms with van der Waals surface area (Å²) >= 11 is 0. The summed E-state index contributed by atoms with van der Waals surface area (Å²) in [5, 5.41) is 2.34. The first-order valence-corrected chi connectivity index (χ1v) is 4.41. The summed E-state index contributed by atoms with van der Waals surface area (Å²) in [6.07, 6.45) is 3.13. The zero-order valence-corrected chi connectivity index (χ0v) is 8.50. The SMILES string of the molecule is CCc1cncc(F)c1NC(=O)NOC. The van der Waals surface area contributed by atoms with Gasteiger partial charge in [-0.15, -0.1) is 0 Å². The van der Waals surface area contributed by atoms with Crippen molar-refractivity contribution in [3.63, 3.8) is 0 Å². The largest absolute Gasteiger partial charge is 0.343 e. The smallest absolute Gasteiger partial charge is 0.303 e. The van der Waals surface area contributed by atoms with E-state index in [0.29, 0.717) is 12.0 Å². The number of hydrogen-bond acceptors (Lipinski definition) is 3. The molecule has 0 unspecified atom stereocenters. The topological polar surface area (TPSA) is 63.2 Å². The molecule has 2 amide bonds. The molecule has 0 aliphatic heterocycles. The molecule has 0 aliphatic carbocycles. The van der Waals surface area contributed by atoms with Crippen molar-refractivity contribution < 1.29 is 14.0 Å². The number of rotatable bonds is 3. The number of halogens is 1. The molecule has 6 heteroatoms. The van der Waals surface area contributed by atoms with Crippen molar-refractivity contribution in [1.29, 1.82) is 0 Å². The second-order valence-corrected chi connectivity index (χ2v) is 2.77. The van der Waals surface area contributed by atoms with Crippen LogP contribution < -0.4 is 10.8 Å². The van der Waals surface area contributed by atoms with Crippen molar-refractivity contribution in [2.24, 2.45) is 0 Å². The Bertz CT molecular complexity index is 357. The number of hydrogen-bond donors (Lipinski definition) is 2. The molecule has 82 valence electrons. The molecule has 0 saturated carbocycles. The van der Waals surface area contributed by atoms with E-state index in [2.05, 4.69) is 15.1 Å². The van der Waals surface area contributed by atoms with Crippen molar-refractivity contribution in [1.82, 2.24) is 10.5 Å². The normalized spacial score (nSPS) is 9.80. The zero-order chi connectivity index (χ0) is 11.3. The maximum atomic E-state index is 13.3. The Labute approximate surface area is 86.6 Å². The maximum Gasteiger partial charge on any atom is 0.343 e. The summed E-state index contributed by atoms with van der Waals surface area (Å²) < 4.78 is 13.3. The Balaban J connectivity index is 2.87. The highest BCUT2D eigenvalue weighted by Gasteiger charge is 2.10. The summed E-state index contributed by atoms with van der Waals surface area (Å²) in [6.45, 7) is 1.84. The van der Waals surface area contributed by atoms with Gasteiger partial charge in [0.05, 0.1) is 19.0 Å². The lowest BCUT2D eigenvalue weighted by Crippen LogP contribution is -2.28. The highest BCUT2D eigenvalue weighted by molar-refractivity contribution is 5.89. The zero-order valence-electron chi connectivity index (χ0n) is 8.50. The van der Waals surface area contributed by atoms with E-state index in [1.165, 1.54) is 13.3 Å². The van der Waals surface area contributed by atoms with Crippen LogP contribution in [0.4, 0.5) is 14.9 Å². The van der Waals surface area contributed by atoms with Gasteiger partial charge < -0.3 is 5.32 Å². The molecule has 0 aromatic carbocycles. The monoisotopic (exact) mass is 213 g/mol. The lowest BCUT2D eigenvalue weighted by Gasteiger charge is -2.09. The van der Waals surface area contributed by atoms with Crippen molar-refractivity contribution in [2.45, 2.75) is 13.3 Å². The van der Waals surface area contributed by atoms with E-state index < -0.39 is 11.8 Å². The Kier molecular flexibility index (Phi) is 3.99. The third kappa shape index (κ3) is 2.88. The third-order valence-electron chi connectivity index (χ3n) is 1.79. The molecule has 1 rings (SSSR count). The Morgan fingerprint density at radius 1 is 1.60 bits per heavy atom. The van der Waals surface area contributed by atoms with Crippen LogP contribution in [0.25, 0.3) is 0 Å². The number of nitrogens with zero attached hydrogens (tertiary/aromatic N) is 1. The van der Waals surface area contributed by atoms with Gasteiger partial charge in [0, 0.05) is 6.20 Å². The van der Waals surface area contributed by atoms with Gasteiger partial charge in [-0.25, -0.2) is 14.7 Å². The van der Waals surface area contributed by atoms with Crippen molar-refractivity contribution in [2.75, 3.05) is 12.4 Å². The summed E-state index contributed by atoms with van der Waals surface area (Å²) in [4.78, 5) is 19.2. The van der Waals surface area contributed by atoms with Gasteiger partial charge in [0.15, 0.2) is 5.82 Å². The molecule has 0 fully saturated rings. The number of pyridine rings is 1. The number of amides is 2. The molecule has 15 heavy (non-hydrogen) atoms. The van der Waals surface area contributed by atoms with Gasteiger partial charge in [-0.3, -0.25) is 9.82 Å². The van der Waals surface area contributed by atoms with Crippen LogP contribution in [-0.4, -0.2) is 18.1 Å². The molecule has 0 aliphatic rings. The van der Waals surface area contributed by atoms with Crippen LogP contribution in [0.15, 0.2) is 12.4 Å². The summed E-state index contributed by atoms with van der Waals surface area (Å²) in [6, 6.07) is -0.628. The number of aryl methyl sites for hydroxylation is 1. The molecular formula is C9H12FN3O2. The molecule has 1 heterocycles. The van der Waals surface area contributed by atoms with Gasteiger partial charge in [0.2, 0.25) is 0 Å². The fraction of sp³-hybridized carbons (Fsp3) is 0.333. The van der Waals surface area contributed by atoms with Gasteiger partial charge in [0.25, 0.3) is 0 Å². The summed E-state index contributed by atoms with van der Waals surface area (Å²) in [5.74, 6) is -0.569. The molecule has 0 saturated heterocycles. The summed E-state index contributed by atoms with van der Waals surface area (Å²) in [5.41, 5.74) is 2.79. The number of nitrogens with one attached hydrogen (secondary N) is 2. The first kappa shape index (κ1) is 11.4. The lowest BCUT2D eigenvalue weighted by atomic mass is 10.2. The minimum absolute atomic E-state index is 0.127. The molecule has 0 radical (unpaired) electrons. The first-order valence-electron chi connectivity index (χ1n) is 4.41. The maximum absolute atomic E-state index is 13.3. The number of hydroxylamine groups is 1. The van der Waals surface area contributed by atoms with Crippen LogP contribution in [0.1, 0.15) is 12.5 Å². The van der Waals surface area contributed by atoms with E-state index in [9.17, 15) is 9.18 Å². The fourth-order valence-electron chi connectivity index (χ4n) is 1.11. The molecular weight excluding hydrogens is 201 g/mol. The van der Waals surface area contributed by atoms with Crippen LogP contribution in [0.3, 0.4) is 0 Å². The van der Waals surface area contributed by atoms with Crippen molar-refractivity contribution >= 4 is 11.7 Å². The van der Waals surface area contributed by atoms with E-state index in [1.807, 2.05) is 12.4 Å². The van der Waals surface area contributed by atoms with E-state index >= 15 is 0 Å². The molecule has 0 bridgehead atoms. The highest BCUT2D eigenvalue weighted by atomic mass is 19.1. The average molecular weight is 213 g/mol. The van der Waals surface area contributed by atoms with E-state index in [4.69, 9.17) is 0 Å². The number of carbonyl (C=O) groups excluding carboxylic acids is 1. The predicted molar refractivity (Wildman–Crippen MR) is 52.7 cm³/mol. The van der Waals surface area contributed by atoms with Crippen LogP contribution in [0, 0.1) is 5.82 Å². The standard InChI is InChI=1S/C9H12FN3O2/c1-3-6-4-11-5-7(10)8(6)12-9(14)13-15-2/h4-5H,3H2,1-2H3,(H2,11,12,13,14). The quantitative estimate of drug-likeness (QED) is 0.747. The van der Waals surface area contributed by atoms with Gasteiger partial charge in [-0.1, -0.05) is 6.92 Å². The van der Waals surface area contributed by atoms with E-state index in [1.54, 1.807) is 0 Å². The number of urea groups is 1. The molecule has 1 aromatic rings. The number of aromatic nitrogens is 1. The Hall–Kier alpha value is -1.69. The van der Waals surface area contributed by atoms with Gasteiger partial charge in [0.1, 0.15) is 0 Å². The summed E-state index contributed by atoms with van der Waals surface area (Å²) in [7, 11) is 1.29. The van der Waals surface area contributed by atoms with Gasteiger partial charge in [-0.05, 0) is 12.0 Å². The minimum Gasteiger partial charge on any atom is -0.303 e. The lowest BCUT2D eigenvalue weighted by molar-refractivity contribution is 0.114. The van der Waals surface area contributed by atoms with Crippen LogP contribution in [0.5, 0.6) is 0 Å². The van der Waals surface area contributed by atoms with E-state index in [-0.39, 0.29) is 5.69 Å². The molecule has 0 atom stereocenters. The van der Waals surface area contributed by atoms with Crippen LogP contribution in [-0.2, 0) is 11.3 Å². The fourth-order valence-corrected chi connectivity index (χ4v) is 1.11. The highest BCUT2D eigenvalue weighted by Crippen LogP contribution is 2.18. The average Bonchev–Trinajstić information content (AvgIpc) is 2.21. The number of carbonyl (C=O) groups is 1. The van der Waals surface area contributed by atoms with Gasteiger partial charge in [-0.2, -0.15) is 0 Å². The second kappa shape index (κ2) is 5.26. The van der Waals surface area contributed by atoms with Crippen molar-refractivity contribution in [3.8, 4) is 0 Å². The molecule has 1 aromatic heterocycles. The van der Waals surface area contributed by atoms with Crippen molar-refractivity contribution in [3.05, 3.63) is 23.8 Å². The number of anilines is 1. The molecule has 5 nitrogen and oxygen atoms in total. The Morgan fingerprint density at radius 3 is 2.93 bits per heavy atom. The van der Waals surface area contributed by atoms with Crippen LogP contribution in [0.2, 0.25) is 0 Å². The minimum atomic E-state index is -0.628. The van der Waals surface area contributed by atoms with Gasteiger partial charge >= 0.3 is 6.03 Å². The first-order chi connectivity index (χ1) is 7.19. The second-order valence-electron chi connectivity index (χ2n) is 2.77. The molecule has 0 spiro atoms. The predicted octanol–water partition coefficient (Wildman–Crippen LogP) is 1.47. The third-order valence-corrected chi connectivity index (χ3v) is 1.79.